The van der Waals surface area contributed by atoms with Gasteiger partial charge in [-0.15, -0.1) is 0 Å². The van der Waals surface area contributed by atoms with E-state index in [1.165, 1.54) is 16.4 Å². The molecule has 1 aliphatic heterocycles. The molecular weight excluding hydrogens is 329 g/mol. The van der Waals surface area contributed by atoms with Crippen LogP contribution in [-0.4, -0.2) is 50.1 Å². The molecule has 0 spiro atoms. The van der Waals surface area contributed by atoms with Crippen LogP contribution in [0.5, 0.6) is 0 Å². The van der Waals surface area contributed by atoms with E-state index in [2.05, 4.69) is 0 Å². The third-order valence-electron chi connectivity index (χ3n) is 2.86. The molecule has 9 heteroatoms. The van der Waals surface area contributed by atoms with Gasteiger partial charge in [0.05, 0.1) is 28.8 Å². The zero-order chi connectivity index (χ0) is 14.9. The molecule has 0 atom stereocenters. The summed E-state index contributed by atoms with van der Waals surface area (Å²) < 4.78 is 31.2. The Bertz CT molecular complexity index is 640. The van der Waals surface area contributed by atoms with Gasteiger partial charge >= 0.3 is 5.97 Å². The minimum absolute atomic E-state index is 0.108. The molecule has 1 aromatic carbocycles. The Morgan fingerprint density at radius 3 is 2.40 bits per heavy atom. The molecule has 0 saturated carbocycles. The van der Waals surface area contributed by atoms with E-state index in [1.54, 1.807) is 0 Å². The number of rotatable bonds is 3. The summed E-state index contributed by atoms with van der Waals surface area (Å²) in [5.41, 5.74) is -0.414. The zero-order valence-corrected chi connectivity index (χ0v) is 12.5. The molecular formula is C11H11Cl2NO5S. The number of morpholine rings is 1. The monoisotopic (exact) mass is 339 g/mol. The molecule has 0 aromatic heterocycles. The van der Waals surface area contributed by atoms with Crippen molar-refractivity contribution in [3.05, 3.63) is 27.7 Å². The van der Waals surface area contributed by atoms with Gasteiger partial charge in [-0.2, -0.15) is 4.31 Å². The van der Waals surface area contributed by atoms with E-state index < -0.39 is 21.6 Å². The van der Waals surface area contributed by atoms with Gasteiger partial charge in [0.25, 0.3) is 0 Å². The van der Waals surface area contributed by atoms with Crippen molar-refractivity contribution in [3.8, 4) is 0 Å². The molecule has 0 amide bonds. The molecule has 0 radical (unpaired) electrons. The third kappa shape index (κ3) is 2.77. The zero-order valence-electron chi connectivity index (χ0n) is 10.2. The highest BCUT2D eigenvalue weighted by Crippen LogP contribution is 2.32. The van der Waals surface area contributed by atoms with Gasteiger partial charge in [0.15, 0.2) is 0 Å². The number of carboxylic acids is 1. The van der Waals surface area contributed by atoms with Crippen LogP contribution in [-0.2, 0) is 14.8 Å². The van der Waals surface area contributed by atoms with Crippen molar-refractivity contribution in [1.82, 2.24) is 4.31 Å². The minimum Gasteiger partial charge on any atom is -0.478 e. The van der Waals surface area contributed by atoms with Gasteiger partial charge in [-0.05, 0) is 12.1 Å². The highest BCUT2D eigenvalue weighted by atomic mass is 35.5. The second-order valence-corrected chi connectivity index (χ2v) is 6.75. The van der Waals surface area contributed by atoms with Crippen LogP contribution < -0.4 is 0 Å². The van der Waals surface area contributed by atoms with Crippen LogP contribution in [0, 0.1) is 0 Å². The summed E-state index contributed by atoms with van der Waals surface area (Å²) in [7, 11) is -3.87. The lowest BCUT2D eigenvalue weighted by molar-refractivity contribution is 0.0696. The second-order valence-electron chi connectivity index (χ2n) is 4.06. The van der Waals surface area contributed by atoms with E-state index in [-0.39, 0.29) is 41.2 Å². The molecule has 0 unspecified atom stereocenters. The standard InChI is InChI=1S/C11H11Cl2NO5S/c12-7-1-2-8(10(13)9(7)11(15)16)20(17,18)14-3-5-19-6-4-14/h1-2H,3-6H2,(H,15,16). The Morgan fingerprint density at radius 2 is 1.85 bits per heavy atom. The highest BCUT2D eigenvalue weighted by molar-refractivity contribution is 7.89. The number of hydrogen-bond acceptors (Lipinski definition) is 4. The molecule has 1 saturated heterocycles. The smallest absolute Gasteiger partial charge is 0.338 e. The van der Waals surface area contributed by atoms with E-state index >= 15 is 0 Å². The summed E-state index contributed by atoms with van der Waals surface area (Å²) in [6, 6.07) is 2.42. The quantitative estimate of drug-likeness (QED) is 0.906. The van der Waals surface area contributed by atoms with Crippen molar-refractivity contribution in [2.24, 2.45) is 0 Å². The lowest BCUT2D eigenvalue weighted by Gasteiger charge is -2.26. The van der Waals surface area contributed by atoms with Crippen LogP contribution in [0.4, 0.5) is 0 Å². The Balaban J connectivity index is 2.52. The number of carboxylic acid groups (broad SMARTS) is 1. The van der Waals surface area contributed by atoms with Gasteiger partial charge in [0.2, 0.25) is 10.0 Å². The van der Waals surface area contributed by atoms with Crippen molar-refractivity contribution in [2.45, 2.75) is 4.90 Å². The lowest BCUT2D eigenvalue weighted by Crippen LogP contribution is -2.40. The number of carbonyl (C=O) groups is 1. The summed E-state index contributed by atoms with van der Waals surface area (Å²) in [5, 5.41) is 8.56. The Morgan fingerprint density at radius 1 is 1.25 bits per heavy atom. The SMILES string of the molecule is O=C(O)c1c(Cl)ccc(S(=O)(=O)N2CCOCC2)c1Cl. The first kappa shape index (κ1) is 15.5. The van der Waals surface area contributed by atoms with Crippen LogP contribution >= 0.6 is 23.2 Å². The van der Waals surface area contributed by atoms with Gasteiger partial charge in [-0.3, -0.25) is 0 Å². The Hall–Kier alpha value is -0.860. The van der Waals surface area contributed by atoms with Crippen LogP contribution in [0.1, 0.15) is 10.4 Å². The molecule has 6 nitrogen and oxygen atoms in total. The van der Waals surface area contributed by atoms with E-state index in [4.69, 9.17) is 33.0 Å². The predicted octanol–water partition coefficient (Wildman–Crippen LogP) is 1.71. The van der Waals surface area contributed by atoms with Crippen molar-refractivity contribution in [2.75, 3.05) is 26.3 Å². The number of sulfonamides is 1. The molecule has 0 aliphatic carbocycles. The molecule has 0 bridgehead atoms. The molecule has 1 aliphatic rings. The van der Waals surface area contributed by atoms with E-state index in [0.29, 0.717) is 0 Å². The fraction of sp³-hybridized carbons (Fsp3) is 0.364. The lowest BCUT2D eigenvalue weighted by atomic mass is 10.2. The number of benzene rings is 1. The van der Waals surface area contributed by atoms with E-state index in [9.17, 15) is 13.2 Å². The number of aromatic carboxylic acids is 1. The largest absolute Gasteiger partial charge is 0.478 e. The van der Waals surface area contributed by atoms with Crippen LogP contribution in [0.15, 0.2) is 17.0 Å². The van der Waals surface area contributed by atoms with Crippen molar-refractivity contribution >= 4 is 39.2 Å². The Labute approximate surface area is 125 Å². The number of ether oxygens (including phenoxy) is 1. The summed E-state index contributed by atoms with van der Waals surface area (Å²) in [4.78, 5) is 10.8. The summed E-state index contributed by atoms with van der Waals surface area (Å²) in [5.74, 6) is -1.38. The molecule has 1 N–H and O–H groups in total. The summed E-state index contributed by atoms with van der Waals surface area (Å²) >= 11 is 11.6. The van der Waals surface area contributed by atoms with Crippen molar-refractivity contribution in [1.29, 1.82) is 0 Å². The van der Waals surface area contributed by atoms with E-state index in [1.807, 2.05) is 0 Å². The van der Waals surface area contributed by atoms with Crippen LogP contribution in [0.25, 0.3) is 0 Å². The van der Waals surface area contributed by atoms with Crippen LogP contribution in [0.3, 0.4) is 0 Å². The molecule has 20 heavy (non-hydrogen) atoms. The summed E-state index contributed by atoms with van der Waals surface area (Å²) in [6.45, 7) is 0.972. The highest BCUT2D eigenvalue weighted by Gasteiger charge is 2.31. The van der Waals surface area contributed by atoms with Crippen molar-refractivity contribution < 1.29 is 23.1 Å². The fourth-order valence-corrected chi connectivity index (χ4v) is 4.16. The second kappa shape index (κ2) is 5.87. The molecule has 110 valence electrons. The van der Waals surface area contributed by atoms with Gasteiger partial charge in [-0.1, -0.05) is 23.2 Å². The molecule has 1 aromatic rings. The maximum Gasteiger partial charge on any atom is 0.338 e. The van der Waals surface area contributed by atoms with Gasteiger partial charge in [0.1, 0.15) is 4.90 Å². The number of hydrogen-bond donors (Lipinski definition) is 1. The maximum absolute atomic E-state index is 12.4. The fourth-order valence-electron chi connectivity index (χ4n) is 1.85. The topological polar surface area (TPSA) is 83.9 Å². The van der Waals surface area contributed by atoms with Gasteiger partial charge < -0.3 is 9.84 Å². The first-order valence-corrected chi connectivity index (χ1v) is 7.84. The average Bonchev–Trinajstić information content (AvgIpc) is 2.39. The maximum atomic E-state index is 12.4. The van der Waals surface area contributed by atoms with Crippen molar-refractivity contribution in [3.63, 3.8) is 0 Å². The third-order valence-corrected chi connectivity index (χ3v) is 5.62. The predicted molar refractivity (Wildman–Crippen MR) is 73.0 cm³/mol. The summed E-state index contributed by atoms with van der Waals surface area (Å²) in [6.07, 6.45) is 0. The van der Waals surface area contributed by atoms with Gasteiger partial charge in [0, 0.05) is 13.1 Å². The Kier molecular flexibility index (Phi) is 4.55. The minimum atomic E-state index is -3.87. The van der Waals surface area contributed by atoms with Crippen LogP contribution in [0.2, 0.25) is 10.0 Å². The molecule has 1 fully saturated rings. The first-order chi connectivity index (χ1) is 9.35. The number of nitrogens with zero attached hydrogens (tertiary/aromatic N) is 1. The van der Waals surface area contributed by atoms with Gasteiger partial charge in [-0.25, -0.2) is 13.2 Å². The van der Waals surface area contributed by atoms with E-state index in [0.717, 1.165) is 0 Å². The first-order valence-electron chi connectivity index (χ1n) is 5.65. The number of halogens is 2. The molecule has 1 heterocycles. The molecule has 2 rings (SSSR count). The average molecular weight is 340 g/mol. The normalized spacial score (nSPS) is 17.1.